The standard InChI is InChI=1S/C14H19NO2S/c1-9-8-13(9)15-14(16)10(2)17-11-4-6-12(18-3)7-5-11/h4-7,9-10,13H,8H2,1-3H3,(H,15,16)/t9-,10-,13-/m1/s1. The molecular formula is C14H19NO2S. The lowest BCUT2D eigenvalue weighted by Gasteiger charge is -2.14. The van der Waals surface area contributed by atoms with E-state index in [1.807, 2.05) is 30.5 Å². The molecule has 3 atom stereocenters. The van der Waals surface area contributed by atoms with Crippen LogP contribution in [0.15, 0.2) is 29.2 Å². The van der Waals surface area contributed by atoms with Crippen molar-refractivity contribution in [2.45, 2.75) is 37.3 Å². The predicted molar refractivity (Wildman–Crippen MR) is 74.0 cm³/mol. The third kappa shape index (κ3) is 3.42. The largest absolute Gasteiger partial charge is 0.481 e. The van der Waals surface area contributed by atoms with E-state index in [0.29, 0.717) is 12.0 Å². The Bertz CT molecular complexity index is 418. The van der Waals surface area contributed by atoms with Crippen molar-refractivity contribution in [2.24, 2.45) is 5.92 Å². The average Bonchev–Trinajstić information content (AvgIpc) is 3.05. The number of ether oxygens (including phenoxy) is 1. The first-order valence-electron chi connectivity index (χ1n) is 6.21. The van der Waals surface area contributed by atoms with Gasteiger partial charge in [0.1, 0.15) is 5.75 Å². The molecule has 1 aliphatic carbocycles. The van der Waals surface area contributed by atoms with Crippen LogP contribution in [0.5, 0.6) is 5.75 Å². The van der Waals surface area contributed by atoms with E-state index in [0.717, 1.165) is 12.2 Å². The molecule has 0 aromatic heterocycles. The first-order valence-corrected chi connectivity index (χ1v) is 7.43. The van der Waals surface area contributed by atoms with Gasteiger partial charge in [-0.2, -0.15) is 0 Å². The number of amides is 1. The fourth-order valence-corrected chi connectivity index (χ4v) is 2.14. The maximum absolute atomic E-state index is 11.8. The van der Waals surface area contributed by atoms with Crippen LogP contribution < -0.4 is 10.1 Å². The molecule has 3 nitrogen and oxygen atoms in total. The molecule has 1 aliphatic rings. The first-order chi connectivity index (χ1) is 8.60. The summed E-state index contributed by atoms with van der Waals surface area (Å²) >= 11 is 1.68. The van der Waals surface area contributed by atoms with Crippen LogP contribution in [0, 0.1) is 5.92 Å². The quantitative estimate of drug-likeness (QED) is 0.832. The minimum atomic E-state index is -0.446. The second-order valence-electron chi connectivity index (χ2n) is 4.76. The second-order valence-corrected chi connectivity index (χ2v) is 5.64. The summed E-state index contributed by atoms with van der Waals surface area (Å²) < 4.78 is 5.62. The molecular weight excluding hydrogens is 246 g/mol. The van der Waals surface area contributed by atoms with E-state index in [9.17, 15) is 4.79 Å². The molecule has 18 heavy (non-hydrogen) atoms. The Morgan fingerprint density at radius 1 is 1.44 bits per heavy atom. The average molecular weight is 265 g/mol. The van der Waals surface area contributed by atoms with Crippen molar-refractivity contribution in [1.29, 1.82) is 0 Å². The molecule has 1 amide bonds. The van der Waals surface area contributed by atoms with Crippen LogP contribution in [0.2, 0.25) is 0 Å². The number of hydrogen-bond acceptors (Lipinski definition) is 3. The number of nitrogens with one attached hydrogen (secondary N) is 1. The highest BCUT2D eigenvalue weighted by molar-refractivity contribution is 7.98. The van der Waals surface area contributed by atoms with Gasteiger partial charge in [-0.15, -0.1) is 11.8 Å². The fraction of sp³-hybridized carbons (Fsp3) is 0.500. The van der Waals surface area contributed by atoms with E-state index in [4.69, 9.17) is 4.74 Å². The van der Waals surface area contributed by atoms with Crippen LogP contribution >= 0.6 is 11.8 Å². The first kappa shape index (κ1) is 13.3. The summed E-state index contributed by atoms with van der Waals surface area (Å²) in [5.74, 6) is 1.32. The van der Waals surface area contributed by atoms with Crippen molar-refractivity contribution in [3.63, 3.8) is 0 Å². The molecule has 0 unspecified atom stereocenters. The van der Waals surface area contributed by atoms with Crippen molar-refractivity contribution >= 4 is 17.7 Å². The number of thioether (sulfide) groups is 1. The highest BCUT2D eigenvalue weighted by Gasteiger charge is 2.35. The highest BCUT2D eigenvalue weighted by atomic mass is 32.2. The lowest BCUT2D eigenvalue weighted by atomic mass is 10.3. The molecule has 0 aliphatic heterocycles. The maximum Gasteiger partial charge on any atom is 0.261 e. The SMILES string of the molecule is CSc1ccc(O[C@H](C)C(=O)N[C@@H]2C[C@H]2C)cc1. The molecule has 0 heterocycles. The number of benzene rings is 1. The fourth-order valence-electron chi connectivity index (χ4n) is 1.74. The van der Waals surface area contributed by atoms with Gasteiger partial charge in [-0.1, -0.05) is 6.92 Å². The zero-order valence-electron chi connectivity index (χ0n) is 11.0. The Morgan fingerprint density at radius 2 is 2.06 bits per heavy atom. The minimum absolute atomic E-state index is 0.0294. The van der Waals surface area contributed by atoms with E-state index >= 15 is 0 Å². The molecule has 0 saturated heterocycles. The van der Waals surface area contributed by atoms with Crippen LogP contribution in [0.1, 0.15) is 20.3 Å². The van der Waals surface area contributed by atoms with Crippen molar-refractivity contribution in [2.75, 3.05) is 6.26 Å². The van der Waals surface area contributed by atoms with Crippen LogP contribution in [-0.2, 0) is 4.79 Å². The van der Waals surface area contributed by atoms with Crippen LogP contribution in [0.3, 0.4) is 0 Å². The normalized spacial score (nSPS) is 23.3. The minimum Gasteiger partial charge on any atom is -0.481 e. The van der Waals surface area contributed by atoms with E-state index in [1.165, 1.54) is 4.90 Å². The lowest BCUT2D eigenvalue weighted by Crippen LogP contribution is -2.38. The highest BCUT2D eigenvalue weighted by Crippen LogP contribution is 2.29. The molecule has 4 heteroatoms. The van der Waals surface area contributed by atoms with Crippen molar-refractivity contribution in [3.8, 4) is 5.75 Å². The number of rotatable bonds is 5. The number of carbonyl (C=O) groups excluding carboxylic acids is 1. The van der Waals surface area contributed by atoms with Gasteiger partial charge in [-0.05, 0) is 49.8 Å². The van der Waals surface area contributed by atoms with E-state index in [1.54, 1.807) is 18.7 Å². The Labute approximate surface area is 112 Å². The Kier molecular flexibility index (Phi) is 4.17. The summed E-state index contributed by atoms with van der Waals surface area (Å²) in [6.45, 7) is 3.92. The smallest absolute Gasteiger partial charge is 0.261 e. The van der Waals surface area contributed by atoms with E-state index < -0.39 is 6.10 Å². The van der Waals surface area contributed by atoms with Gasteiger partial charge < -0.3 is 10.1 Å². The second kappa shape index (κ2) is 5.65. The van der Waals surface area contributed by atoms with Crippen LogP contribution in [0.4, 0.5) is 0 Å². The Hall–Kier alpha value is -1.16. The Morgan fingerprint density at radius 3 is 2.56 bits per heavy atom. The van der Waals surface area contributed by atoms with Gasteiger partial charge in [-0.25, -0.2) is 0 Å². The van der Waals surface area contributed by atoms with Crippen molar-refractivity contribution in [3.05, 3.63) is 24.3 Å². The maximum atomic E-state index is 11.8. The van der Waals surface area contributed by atoms with Gasteiger partial charge in [0.2, 0.25) is 0 Å². The molecule has 0 spiro atoms. The zero-order valence-corrected chi connectivity index (χ0v) is 11.8. The molecule has 1 aromatic rings. The molecule has 0 bridgehead atoms. The summed E-state index contributed by atoms with van der Waals surface area (Å²) in [5, 5.41) is 2.98. The van der Waals surface area contributed by atoms with E-state index in [2.05, 4.69) is 12.2 Å². The molecule has 1 aromatic carbocycles. The summed E-state index contributed by atoms with van der Waals surface area (Å²) in [5.41, 5.74) is 0. The summed E-state index contributed by atoms with van der Waals surface area (Å²) in [6.07, 6.45) is 2.67. The summed E-state index contributed by atoms with van der Waals surface area (Å²) in [6, 6.07) is 8.13. The summed E-state index contributed by atoms with van der Waals surface area (Å²) in [7, 11) is 0. The number of hydrogen-bond donors (Lipinski definition) is 1. The van der Waals surface area contributed by atoms with E-state index in [-0.39, 0.29) is 5.91 Å². The van der Waals surface area contributed by atoms with Gasteiger partial charge >= 0.3 is 0 Å². The predicted octanol–water partition coefficient (Wildman–Crippen LogP) is 2.70. The molecule has 98 valence electrons. The van der Waals surface area contributed by atoms with Crippen molar-refractivity contribution in [1.82, 2.24) is 5.32 Å². The molecule has 0 radical (unpaired) electrons. The number of carbonyl (C=O) groups is 1. The van der Waals surface area contributed by atoms with Gasteiger partial charge in [0, 0.05) is 10.9 Å². The molecule has 1 saturated carbocycles. The van der Waals surface area contributed by atoms with Crippen molar-refractivity contribution < 1.29 is 9.53 Å². The molecule has 1 fully saturated rings. The third-order valence-corrected chi connectivity index (χ3v) is 3.92. The van der Waals surface area contributed by atoms with Crippen LogP contribution in [-0.4, -0.2) is 24.3 Å². The topological polar surface area (TPSA) is 38.3 Å². The third-order valence-electron chi connectivity index (χ3n) is 3.18. The monoisotopic (exact) mass is 265 g/mol. The Balaban J connectivity index is 1.85. The van der Waals surface area contributed by atoms with Gasteiger partial charge in [-0.3, -0.25) is 4.79 Å². The van der Waals surface area contributed by atoms with Gasteiger partial charge in [0.25, 0.3) is 5.91 Å². The molecule has 1 N–H and O–H groups in total. The van der Waals surface area contributed by atoms with Crippen LogP contribution in [0.25, 0.3) is 0 Å². The molecule has 2 rings (SSSR count). The van der Waals surface area contributed by atoms with Gasteiger partial charge in [0.05, 0.1) is 0 Å². The summed E-state index contributed by atoms with van der Waals surface area (Å²) in [4.78, 5) is 13.0. The zero-order chi connectivity index (χ0) is 13.1. The van der Waals surface area contributed by atoms with Gasteiger partial charge in [0.15, 0.2) is 6.10 Å². The lowest BCUT2D eigenvalue weighted by molar-refractivity contribution is -0.127.